The molecular formula is C9H6BrN3O. The van der Waals surface area contributed by atoms with Crippen LogP contribution in [0.2, 0.25) is 0 Å². The van der Waals surface area contributed by atoms with E-state index in [1.165, 1.54) is 0 Å². The molecule has 0 aliphatic carbocycles. The van der Waals surface area contributed by atoms with Crippen LogP contribution in [0.1, 0.15) is 0 Å². The monoisotopic (exact) mass is 251 g/mol. The largest absolute Gasteiger partial charge is 0.405 e. The highest BCUT2D eigenvalue weighted by atomic mass is 79.9. The topological polar surface area (TPSA) is 47.9 Å². The van der Waals surface area contributed by atoms with E-state index >= 15 is 0 Å². The van der Waals surface area contributed by atoms with Gasteiger partial charge in [0.15, 0.2) is 0 Å². The fourth-order valence-corrected chi connectivity index (χ4v) is 1.21. The highest BCUT2D eigenvalue weighted by molar-refractivity contribution is 9.10. The molecule has 0 spiro atoms. The number of rotatable bonds is 2. The lowest BCUT2D eigenvalue weighted by Crippen LogP contribution is -1.92. The van der Waals surface area contributed by atoms with Gasteiger partial charge in [-0.3, -0.25) is 0 Å². The first-order chi connectivity index (χ1) is 6.84. The third-order valence-electron chi connectivity index (χ3n) is 1.43. The van der Waals surface area contributed by atoms with Gasteiger partial charge in [0.2, 0.25) is 5.88 Å². The molecule has 4 nitrogen and oxygen atoms in total. The van der Waals surface area contributed by atoms with E-state index < -0.39 is 0 Å². The molecule has 0 unspecified atom stereocenters. The third kappa shape index (κ3) is 2.26. The maximum Gasteiger partial charge on any atom is 0.323 e. The van der Waals surface area contributed by atoms with Gasteiger partial charge in [-0.1, -0.05) is 6.07 Å². The number of hydrogen-bond donors (Lipinski definition) is 0. The van der Waals surface area contributed by atoms with Gasteiger partial charge < -0.3 is 4.74 Å². The molecular weight excluding hydrogens is 246 g/mol. The second-order valence-corrected chi connectivity index (χ2v) is 3.24. The maximum absolute atomic E-state index is 5.30. The zero-order valence-electron chi connectivity index (χ0n) is 7.09. The minimum absolute atomic E-state index is 0.290. The summed E-state index contributed by atoms with van der Waals surface area (Å²) in [5, 5.41) is 0. The Morgan fingerprint density at radius 1 is 1.07 bits per heavy atom. The summed E-state index contributed by atoms with van der Waals surface area (Å²) in [4.78, 5) is 11.9. The van der Waals surface area contributed by atoms with Crippen molar-refractivity contribution in [3.8, 4) is 11.9 Å². The van der Waals surface area contributed by atoms with Crippen molar-refractivity contribution in [2.75, 3.05) is 0 Å². The second kappa shape index (κ2) is 4.15. The van der Waals surface area contributed by atoms with Crippen LogP contribution in [-0.4, -0.2) is 15.0 Å². The van der Waals surface area contributed by atoms with Crippen molar-refractivity contribution >= 4 is 15.9 Å². The van der Waals surface area contributed by atoms with Crippen molar-refractivity contribution in [2.45, 2.75) is 0 Å². The van der Waals surface area contributed by atoms with Crippen molar-refractivity contribution in [2.24, 2.45) is 0 Å². The second-order valence-electron chi connectivity index (χ2n) is 2.43. The standard InChI is InChI=1S/C9H6BrN3O/c10-7-3-1-4-8(13-7)14-9-11-5-2-6-12-9/h1-6H. The maximum atomic E-state index is 5.30. The average Bonchev–Trinajstić information content (AvgIpc) is 2.19. The van der Waals surface area contributed by atoms with Crippen LogP contribution >= 0.6 is 15.9 Å². The van der Waals surface area contributed by atoms with Crippen molar-refractivity contribution < 1.29 is 4.74 Å². The summed E-state index contributed by atoms with van der Waals surface area (Å²) >= 11 is 3.24. The molecule has 0 aromatic carbocycles. The third-order valence-corrected chi connectivity index (χ3v) is 1.87. The first-order valence-electron chi connectivity index (χ1n) is 3.92. The van der Waals surface area contributed by atoms with Gasteiger partial charge in [-0.25, -0.2) is 15.0 Å². The number of halogens is 1. The molecule has 70 valence electrons. The van der Waals surface area contributed by atoms with Crippen molar-refractivity contribution in [3.63, 3.8) is 0 Å². The molecule has 0 saturated carbocycles. The van der Waals surface area contributed by atoms with E-state index in [0.29, 0.717) is 10.5 Å². The van der Waals surface area contributed by atoms with Gasteiger partial charge in [0.1, 0.15) is 4.60 Å². The van der Waals surface area contributed by atoms with Gasteiger partial charge in [-0.05, 0) is 28.1 Å². The van der Waals surface area contributed by atoms with Crippen LogP contribution in [0.25, 0.3) is 0 Å². The predicted molar refractivity (Wildman–Crippen MR) is 54.0 cm³/mol. The Hall–Kier alpha value is -1.49. The van der Waals surface area contributed by atoms with Crippen LogP contribution in [0.15, 0.2) is 41.3 Å². The van der Waals surface area contributed by atoms with E-state index in [1.54, 1.807) is 24.5 Å². The summed E-state index contributed by atoms with van der Waals surface area (Å²) in [7, 11) is 0. The first kappa shape index (κ1) is 9.08. The molecule has 0 atom stereocenters. The Balaban J connectivity index is 2.19. The van der Waals surface area contributed by atoms with E-state index in [1.807, 2.05) is 12.1 Å². The molecule has 2 heterocycles. The van der Waals surface area contributed by atoms with E-state index in [-0.39, 0.29) is 6.01 Å². The highest BCUT2D eigenvalue weighted by Gasteiger charge is 1.99. The lowest BCUT2D eigenvalue weighted by atomic mass is 10.5. The fourth-order valence-electron chi connectivity index (χ4n) is 0.878. The Kier molecular flexibility index (Phi) is 2.69. The lowest BCUT2D eigenvalue weighted by Gasteiger charge is -2.01. The molecule has 0 amide bonds. The number of nitrogens with zero attached hydrogens (tertiary/aromatic N) is 3. The number of hydrogen-bond acceptors (Lipinski definition) is 4. The quantitative estimate of drug-likeness (QED) is 0.770. The van der Waals surface area contributed by atoms with E-state index in [4.69, 9.17) is 4.74 Å². The smallest absolute Gasteiger partial charge is 0.323 e. The zero-order valence-corrected chi connectivity index (χ0v) is 8.68. The van der Waals surface area contributed by atoms with Crippen LogP contribution in [0.3, 0.4) is 0 Å². The SMILES string of the molecule is Brc1cccc(Oc2ncccn2)n1. The molecule has 2 aromatic rings. The molecule has 0 fully saturated rings. The Labute approximate surface area is 89.1 Å². The fraction of sp³-hybridized carbons (Fsp3) is 0. The molecule has 0 saturated heterocycles. The number of aromatic nitrogens is 3. The molecule has 0 bridgehead atoms. The van der Waals surface area contributed by atoms with Crippen molar-refractivity contribution in [1.82, 2.24) is 15.0 Å². The minimum Gasteiger partial charge on any atom is -0.405 e. The number of ether oxygens (including phenoxy) is 1. The van der Waals surface area contributed by atoms with Crippen LogP contribution < -0.4 is 4.74 Å². The molecule has 0 N–H and O–H groups in total. The van der Waals surface area contributed by atoms with Crippen LogP contribution in [0.4, 0.5) is 0 Å². The van der Waals surface area contributed by atoms with Crippen molar-refractivity contribution in [1.29, 1.82) is 0 Å². The van der Waals surface area contributed by atoms with Gasteiger partial charge in [-0.2, -0.15) is 0 Å². The summed E-state index contributed by atoms with van der Waals surface area (Å²) in [5.74, 6) is 0.463. The van der Waals surface area contributed by atoms with Crippen LogP contribution in [0, 0.1) is 0 Å². The predicted octanol–water partition coefficient (Wildman–Crippen LogP) is 2.43. The van der Waals surface area contributed by atoms with Gasteiger partial charge in [-0.15, -0.1) is 0 Å². The number of pyridine rings is 1. The van der Waals surface area contributed by atoms with E-state index in [2.05, 4.69) is 30.9 Å². The van der Waals surface area contributed by atoms with Gasteiger partial charge in [0.25, 0.3) is 0 Å². The molecule has 2 rings (SSSR count). The average molecular weight is 252 g/mol. The summed E-state index contributed by atoms with van der Waals surface area (Å²) in [6.45, 7) is 0. The summed E-state index contributed by atoms with van der Waals surface area (Å²) < 4.78 is 6.01. The summed E-state index contributed by atoms with van der Waals surface area (Å²) in [6, 6.07) is 7.40. The van der Waals surface area contributed by atoms with Gasteiger partial charge in [0.05, 0.1) is 0 Å². The van der Waals surface area contributed by atoms with Gasteiger partial charge >= 0.3 is 6.01 Å². The molecule has 0 aliphatic rings. The van der Waals surface area contributed by atoms with Crippen molar-refractivity contribution in [3.05, 3.63) is 41.3 Å². The minimum atomic E-state index is 0.290. The zero-order chi connectivity index (χ0) is 9.80. The normalized spacial score (nSPS) is 9.79. The first-order valence-corrected chi connectivity index (χ1v) is 4.71. The summed E-state index contributed by atoms with van der Waals surface area (Å²) in [5.41, 5.74) is 0. The molecule has 2 aromatic heterocycles. The Bertz CT molecular complexity index is 421. The van der Waals surface area contributed by atoms with E-state index in [0.717, 1.165) is 0 Å². The van der Waals surface area contributed by atoms with Crippen LogP contribution in [-0.2, 0) is 0 Å². The molecule has 0 aliphatic heterocycles. The Morgan fingerprint density at radius 2 is 1.86 bits per heavy atom. The summed E-state index contributed by atoms with van der Waals surface area (Å²) in [6.07, 6.45) is 3.22. The molecule has 0 radical (unpaired) electrons. The molecule has 5 heteroatoms. The highest BCUT2D eigenvalue weighted by Crippen LogP contribution is 2.16. The van der Waals surface area contributed by atoms with Crippen LogP contribution in [0.5, 0.6) is 11.9 Å². The lowest BCUT2D eigenvalue weighted by molar-refractivity contribution is 0.424. The molecule has 14 heavy (non-hydrogen) atoms. The van der Waals surface area contributed by atoms with Gasteiger partial charge in [0, 0.05) is 18.5 Å². The Morgan fingerprint density at radius 3 is 2.57 bits per heavy atom. The van der Waals surface area contributed by atoms with E-state index in [9.17, 15) is 0 Å².